The number of rotatable bonds is 10. The van der Waals surface area contributed by atoms with Crippen LogP contribution in [0.5, 0.6) is 0 Å². The summed E-state index contributed by atoms with van der Waals surface area (Å²) in [5.74, 6) is 0.0334. The number of ether oxygens (including phenoxy) is 1. The summed E-state index contributed by atoms with van der Waals surface area (Å²) < 4.78 is 5.79. The first-order valence-corrected chi connectivity index (χ1v) is 10.4. The molecule has 31 heavy (non-hydrogen) atoms. The number of carbonyl (C=O) groups excluding carboxylic acids is 1. The number of halogens is 1. The van der Waals surface area contributed by atoms with Crippen LogP contribution in [0.25, 0.3) is 0 Å². The first kappa shape index (κ1) is 24.6. The van der Waals surface area contributed by atoms with Crippen molar-refractivity contribution in [2.24, 2.45) is 5.73 Å². The summed E-state index contributed by atoms with van der Waals surface area (Å²) >= 11 is 0. The Morgan fingerprint density at radius 2 is 1.35 bits per heavy atom. The number of nitrogens with one attached hydrogen (secondary N) is 1. The molecule has 2 atom stereocenters. The third kappa shape index (κ3) is 7.51. The second-order valence-corrected chi connectivity index (χ2v) is 7.48. The summed E-state index contributed by atoms with van der Waals surface area (Å²) in [6.45, 7) is 2.82. The average molecular weight is 439 g/mol. The van der Waals surface area contributed by atoms with E-state index in [2.05, 4.69) is 29.6 Å². The molecular formula is C26H31ClN2O2. The van der Waals surface area contributed by atoms with Gasteiger partial charge in [-0.15, -0.1) is 12.4 Å². The normalized spacial score (nSPS) is 12.6. The molecule has 3 aromatic carbocycles. The molecule has 5 heteroatoms. The maximum absolute atomic E-state index is 12.5. The van der Waals surface area contributed by atoms with Gasteiger partial charge in [0.2, 0.25) is 5.91 Å². The topological polar surface area (TPSA) is 64.3 Å². The molecule has 0 heterocycles. The van der Waals surface area contributed by atoms with Crippen LogP contribution in [0, 0.1) is 0 Å². The van der Waals surface area contributed by atoms with E-state index in [1.807, 2.05) is 73.7 Å². The van der Waals surface area contributed by atoms with E-state index in [-0.39, 0.29) is 30.3 Å². The number of carbonyl (C=O) groups is 1. The highest BCUT2D eigenvalue weighted by Gasteiger charge is 2.22. The fourth-order valence-electron chi connectivity index (χ4n) is 3.47. The van der Waals surface area contributed by atoms with Gasteiger partial charge in [0.05, 0.1) is 12.7 Å². The highest BCUT2D eigenvalue weighted by molar-refractivity contribution is 5.85. The fourth-order valence-corrected chi connectivity index (χ4v) is 3.47. The Labute approximate surface area is 191 Å². The molecule has 0 spiro atoms. The van der Waals surface area contributed by atoms with Crippen molar-refractivity contribution in [3.05, 3.63) is 108 Å². The van der Waals surface area contributed by atoms with Crippen LogP contribution < -0.4 is 11.1 Å². The van der Waals surface area contributed by atoms with Gasteiger partial charge in [0.25, 0.3) is 0 Å². The van der Waals surface area contributed by atoms with Gasteiger partial charge >= 0.3 is 0 Å². The first-order chi connectivity index (χ1) is 14.6. The molecule has 0 aliphatic rings. The van der Waals surface area contributed by atoms with Crippen molar-refractivity contribution in [1.82, 2.24) is 5.32 Å². The van der Waals surface area contributed by atoms with E-state index in [0.29, 0.717) is 13.2 Å². The number of hydrogen-bond acceptors (Lipinski definition) is 3. The molecule has 0 saturated carbocycles. The third-order valence-electron chi connectivity index (χ3n) is 5.30. The maximum atomic E-state index is 12.5. The van der Waals surface area contributed by atoms with E-state index in [1.54, 1.807) is 0 Å². The minimum atomic E-state index is -0.708. The number of benzene rings is 3. The van der Waals surface area contributed by atoms with Crippen molar-refractivity contribution < 1.29 is 9.53 Å². The van der Waals surface area contributed by atoms with Crippen LogP contribution in [0.15, 0.2) is 91.0 Å². The lowest BCUT2D eigenvalue weighted by molar-refractivity contribution is -0.125. The van der Waals surface area contributed by atoms with Crippen molar-refractivity contribution in [2.75, 3.05) is 6.54 Å². The Bertz CT molecular complexity index is 852. The fraction of sp³-hybridized carbons (Fsp3) is 0.269. The molecule has 0 saturated heterocycles. The second-order valence-electron chi connectivity index (χ2n) is 7.48. The van der Waals surface area contributed by atoms with Crippen LogP contribution in [0.1, 0.15) is 36.0 Å². The SMILES string of the molecule is C[C@@H](OCc1ccccc1)[C@H](N)C(=O)NCCC(c1ccccc1)c1ccccc1.Cl. The zero-order valence-electron chi connectivity index (χ0n) is 17.8. The number of hydrogen-bond donors (Lipinski definition) is 2. The Morgan fingerprint density at radius 3 is 1.87 bits per heavy atom. The van der Waals surface area contributed by atoms with Crippen LogP contribution in [0.3, 0.4) is 0 Å². The van der Waals surface area contributed by atoms with Crippen LogP contribution >= 0.6 is 12.4 Å². The quantitative estimate of drug-likeness (QED) is 0.483. The summed E-state index contributed by atoms with van der Waals surface area (Å²) in [6, 6.07) is 29.9. The minimum Gasteiger partial charge on any atom is -0.372 e. The van der Waals surface area contributed by atoms with E-state index in [1.165, 1.54) is 11.1 Å². The Balaban J connectivity index is 0.00000341. The summed E-state index contributed by atoms with van der Waals surface area (Å²) in [5, 5.41) is 2.99. The smallest absolute Gasteiger partial charge is 0.239 e. The van der Waals surface area contributed by atoms with E-state index >= 15 is 0 Å². The van der Waals surface area contributed by atoms with Gasteiger partial charge in [-0.1, -0.05) is 91.0 Å². The molecule has 0 radical (unpaired) electrons. The van der Waals surface area contributed by atoms with Gasteiger partial charge in [0.1, 0.15) is 6.04 Å². The van der Waals surface area contributed by atoms with Crippen LogP contribution in [-0.4, -0.2) is 24.6 Å². The van der Waals surface area contributed by atoms with E-state index in [9.17, 15) is 4.79 Å². The minimum absolute atomic E-state index is 0. The lowest BCUT2D eigenvalue weighted by Crippen LogP contribution is -2.48. The van der Waals surface area contributed by atoms with Gasteiger partial charge in [-0.3, -0.25) is 4.79 Å². The summed E-state index contributed by atoms with van der Waals surface area (Å²) in [7, 11) is 0. The largest absolute Gasteiger partial charge is 0.372 e. The third-order valence-corrected chi connectivity index (χ3v) is 5.30. The van der Waals surface area contributed by atoms with Crippen LogP contribution in [-0.2, 0) is 16.1 Å². The van der Waals surface area contributed by atoms with Gasteiger partial charge in [-0.05, 0) is 30.0 Å². The molecule has 0 unspecified atom stereocenters. The molecular weight excluding hydrogens is 408 g/mol. The molecule has 0 aromatic heterocycles. The first-order valence-electron chi connectivity index (χ1n) is 10.4. The summed E-state index contributed by atoms with van der Waals surface area (Å²) in [6.07, 6.45) is 0.426. The summed E-state index contributed by atoms with van der Waals surface area (Å²) in [4.78, 5) is 12.5. The second kappa shape index (κ2) is 12.9. The average Bonchev–Trinajstić information content (AvgIpc) is 2.81. The van der Waals surface area contributed by atoms with Gasteiger partial charge in [0.15, 0.2) is 0 Å². The van der Waals surface area contributed by atoms with E-state index in [0.717, 1.165) is 12.0 Å². The van der Waals surface area contributed by atoms with Gasteiger partial charge in [-0.25, -0.2) is 0 Å². The predicted octanol–water partition coefficient (Wildman–Crippen LogP) is 4.68. The molecule has 0 aliphatic heterocycles. The zero-order valence-corrected chi connectivity index (χ0v) is 18.6. The Kier molecular flexibility index (Phi) is 10.2. The van der Waals surface area contributed by atoms with Crippen molar-refractivity contribution in [1.29, 1.82) is 0 Å². The molecule has 0 bridgehead atoms. The Morgan fingerprint density at radius 1 is 0.871 bits per heavy atom. The molecule has 164 valence electrons. The zero-order chi connectivity index (χ0) is 21.2. The van der Waals surface area contributed by atoms with Crippen molar-refractivity contribution >= 4 is 18.3 Å². The predicted molar refractivity (Wildman–Crippen MR) is 128 cm³/mol. The van der Waals surface area contributed by atoms with Crippen LogP contribution in [0.4, 0.5) is 0 Å². The molecule has 3 aromatic rings. The van der Waals surface area contributed by atoms with Gasteiger partial charge in [0, 0.05) is 12.5 Å². The molecule has 3 N–H and O–H groups in total. The van der Waals surface area contributed by atoms with Crippen LogP contribution in [0.2, 0.25) is 0 Å². The molecule has 0 aliphatic carbocycles. The summed E-state index contributed by atoms with van der Waals surface area (Å²) in [5.41, 5.74) is 9.66. The van der Waals surface area contributed by atoms with E-state index in [4.69, 9.17) is 10.5 Å². The van der Waals surface area contributed by atoms with Crippen molar-refractivity contribution in [3.8, 4) is 0 Å². The molecule has 3 rings (SSSR count). The molecule has 4 nitrogen and oxygen atoms in total. The lowest BCUT2D eigenvalue weighted by Gasteiger charge is -2.22. The molecule has 0 fully saturated rings. The molecule has 1 amide bonds. The lowest BCUT2D eigenvalue weighted by atomic mass is 9.88. The van der Waals surface area contributed by atoms with E-state index < -0.39 is 6.04 Å². The highest BCUT2D eigenvalue weighted by Crippen LogP contribution is 2.27. The highest BCUT2D eigenvalue weighted by atomic mass is 35.5. The van der Waals surface area contributed by atoms with Crippen molar-refractivity contribution in [3.63, 3.8) is 0 Å². The van der Waals surface area contributed by atoms with Gasteiger partial charge < -0.3 is 15.8 Å². The standard InChI is InChI=1S/C26H30N2O2.ClH/c1-20(30-19-21-11-5-2-6-12-21)25(27)26(29)28-18-17-24(22-13-7-3-8-14-22)23-15-9-4-10-16-23;/h2-16,20,24-25H,17-19,27H2,1H3,(H,28,29);1H/t20-,25+;/m1./s1. The number of amides is 1. The monoisotopic (exact) mass is 438 g/mol. The number of nitrogens with two attached hydrogens (primary N) is 1. The van der Waals surface area contributed by atoms with Crippen molar-refractivity contribution in [2.45, 2.75) is 38.0 Å². The van der Waals surface area contributed by atoms with Gasteiger partial charge in [-0.2, -0.15) is 0 Å². The Hall–Kier alpha value is -2.66. The maximum Gasteiger partial charge on any atom is 0.239 e.